The van der Waals surface area contributed by atoms with Crippen LogP contribution in [-0.4, -0.2) is 5.11 Å². The molecule has 0 aromatic heterocycles. The monoisotopic (exact) mass is 262 g/mol. The summed E-state index contributed by atoms with van der Waals surface area (Å²) in [6.07, 6.45) is 0. The second-order valence-electron chi connectivity index (χ2n) is 4.28. The molecule has 0 bridgehead atoms. The molecule has 0 atom stereocenters. The Morgan fingerprint density at radius 1 is 1.06 bits per heavy atom. The van der Waals surface area contributed by atoms with Crippen LogP contribution in [0.25, 0.3) is 0 Å². The quantitative estimate of drug-likeness (QED) is 0.899. The normalized spacial score (nSPS) is 10.7. The zero-order chi connectivity index (χ0) is 13.1. The summed E-state index contributed by atoms with van der Waals surface area (Å²) in [5.41, 5.74) is 3.00. The Kier molecular flexibility index (Phi) is 4.04. The lowest BCUT2D eigenvalue weighted by Gasteiger charge is -2.10. The molecule has 2 rings (SSSR count). The fourth-order valence-electron chi connectivity index (χ4n) is 1.71. The van der Waals surface area contributed by atoms with Crippen molar-refractivity contribution in [3.63, 3.8) is 0 Å². The first-order chi connectivity index (χ1) is 8.60. The summed E-state index contributed by atoms with van der Waals surface area (Å²) < 4.78 is 13.1. The van der Waals surface area contributed by atoms with E-state index >= 15 is 0 Å². The summed E-state index contributed by atoms with van der Waals surface area (Å²) in [6.45, 7) is 3.94. The Bertz CT molecular complexity index is 566. The highest BCUT2D eigenvalue weighted by Crippen LogP contribution is 2.33. The van der Waals surface area contributed by atoms with Gasteiger partial charge in [-0.05, 0) is 54.8 Å². The van der Waals surface area contributed by atoms with Crippen molar-refractivity contribution in [1.82, 2.24) is 0 Å². The minimum absolute atomic E-state index is 0.148. The standard InChI is InChI=1S/C15H15FOS/c1-10-3-4-11(2)15(7-10)18-14-6-5-13(16)8-12(14)9-17/h3-8,17H,9H2,1-2H3. The van der Waals surface area contributed by atoms with E-state index in [1.807, 2.05) is 13.8 Å². The average Bonchev–Trinajstić information content (AvgIpc) is 2.36. The van der Waals surface area contributed by atoms with E-state index in [0.29, 0.717) is 5.56 Å². The molecule has 0 amide bonds. The summed E-state index contributed by atoms with van der Waals surface area (Å²) in [4.78, 5) is 2.03. The maximum Gasteiger partial charge on any atom is 0.123 e. The summed E-state index contributed by atoms with van der Waals surface area (Å²) in [6, 6.07) is 10.8. The molecule has 0 fully saturated rings. The highest BCUT2D eigenvalue weighted by atomic mass is 32.2. The molecule has 94 valence electrons. The van der Waals surface area contributed by atoms with Gasteiger partial charge in [0, 0.05) is 9.79 Å². The van der Waals surface area contributed by atoms with E-state index in [1.165, 1.54) is 23.3 Å². The molecular weight excluding hydrogens is 247 g/mol. The number of hydrogen-bond acceptors (Lipinski definition) is 2. The first-order valence-corrected chi connectivity index (χ1v) is 6.56. The summed E-state index contributed by atoms with van der Waals surface area (Å²) in [5.74, 6) is -0.315. The van der Waals surface area contributed by atoms with E-state index in [0.717, 1.165) is 9.79 Å². The van der Waals surface area contributed by atoms with Gasteiger partial charge in [-0.2, -0.15) is 0 Å². The predicted molar refractivity (Wildman–Crippen MR) is 72.4 cm³/mol. The maximum absolute atomic E-state index is 13.1. The largest absolute Gasteiger partial charge is 0.392 e. The van der Waals surface area contributed by atoms with E-state index in [4.69, 9.17) is 0 Å². The molecule has 1 nitrogen and oxygen atoms in total. The molecular formula is C15H15FOS. The Morgan fingerprint density at radius 3 is 2.56 bits per heavy atom. The van der Waals surface area contributed by atoms with E-state index in [2.05, 4.69) is 18.2 Å². The molecule has 2 aromatic rings. The molecule has 0 unspecified atom stereocenters. The number of benzene rings is 2. The number of aliphatic hydroxyl groups excluding tert-OH is 1. The van der Waals surface area contributed by atoms with Gasteiger partial charge in [0.25, 0.3) is 0 Å². The minimum atomic E-state index is -0.315. The van der Waals surface area contributed by atoms with Crippen molar-refractivity contribution < 1.29 is 9.50 Å². The van der Waals surface area contributed by atoms with Gasteiger partial charge in [-0.3, -0.25) is 0 Å². The Morgan fingerprint density at radius 2 is 1.83 bits per heavy atom. The second-order valence-corrected chi connectivity index (χ2v) is 5.36. The topological polar surface area (TPSA) is 20.2 Å². The van der Waals surface area contributed by atoms with Crippen molar-refractivity contribution in [3.8, 4) is 0 Å². The third-order valence-corrected chi connectivity index (χ3v) is 4.03. The summed E-state index contributed by atoms with van der Waals surface area (Å²) in [5, 5.41) is 9.26. The fourth-order valence-corrected chi connectivity index (χ4v) is 2.81. The lowest BCUT2D eigenvalue weighted by atomic mass is 10.2. The molecule has 3 heteroatoms. The molecule has 0 saturated carbocycles. The van der Waals surface area contributed by atoms with Crippen molar-refractivity contribution >= 4 is 11.8 Å². The third-order valence-electron chi connectivity index (χ3n) is 2.76. The number of halogens is 1. The Labute approximate surface area is 111 Å². The molecule has 2 aromatic carbocycles. The zero-order valence-electron chi connectivity index (χ0n) is 10.4. The molecule has 1 N–H and O–H groups in total. The predicted octanol–water partition coefficient (Wildman–Crippen LogP) is 4.09. The van der Waals surface area contributed by atoms with Crippen LogP contribution >= 0.6 is 11.8 Å². The molecule has 0 heterocycles. The van der Waals surface area contributed by atoms with Crippen LogP contribution in [-0.2, 0) is 6.61 Å². The van der Waals surface area contributed by atoms with E-state index in [9.17, 15) is 9.50 Å². The van der Waals surface area contributed by atoms with Crippen LogP contribution in [0.1, 0.15) is 16.7 Å². The van der Waals surface area contributed by atoms with E-state index in [1.54, 1.807) is 17.8 Å². The molecule has 0 saturated heterocycles. The van der Waals surface area contributed by atoms with Crippen molar-refractivity contribution in [2.45, 2.75) is 30.2 Å². The van der Waals surface area contributed by atoms with Crippen molar-refractivity contribution in [2.75, 3.05) is 0 Å². The van der Waals surface area contributed by atoms with Crippen LogP contribution in [0.3, 0.4) is 0 Å². The molecule has 18 heavy (non-hydrogen) atoms. The summed E-state index contributed by atoms with van der Waals surface area (Å²) in [7, 11) is 0. The maximum atomic E-state index is 13.1. The van der Waals surface area contributed by atoms with E-state index in [-0.39, 0.29) is 12.4 Å². The van der Waals surface area contributed by atoms with Crippen molar-refractivity contribution in [3.05, 3.63) is 58.9 Å². The van der Waals surface area contributed by atoms with Gasteiger partial charge < -0.3 is 5.11 Å². The number of aliphatic hydroxyl groups is 1. The Balaban J connectivity index is 2.36. The van der Waals surface area contributed by atoms with Gasteiger partial charge in [-0.15, -0.1) is 0 Å². The van der Waals surface area contributed by atoms with Gasteiger partial charge in [-0.1, -0.05) is 23.9 Å². The lowest BCUT2D eigenvalue weighted by Crippen LogP contribution is -1.90. The molecule has 0 aliphatic rings. The molecule has 0 radical (unpaired) electrons. The molecule has 0 aliphatic heterocycles. The number of rotatable bonds is 3. The smallest absolute Gasteiger partial charge is 0.123 e. The highest BCUT2D eigenvalue weighted by Gasteiger charge is 2.07. The van der Waals surface area contributed by atoms with Gasteiger partial charge in [0.05, 0.1) is 6.61 Å². The van der Waals surface area contributed by atoms with Crippen LogP contribution in [0.2, 0.25) is 0 Å². The second kappa shape index (κ2) is 5.55. The molecule has 0 aliphatic carbocycles. The van der Waals surface area contributed by atoms with E-state index < -0.39 is 0 Å². The minimum Gasteiger partial charge on any atom is -0.392 e. The van der Waals surface area contributed by atoms with Crippen LogP contribution in [0.5, 0.6) is 0 Å². The number of aryl methyl sites for hydroxylation is 2. The van der Waals surface area contributed by atoms with Crippen molar-refractivity contribution in [1.29, 1.82) is 0 Å². The van der Waals surface area contributed by atoms with Gasteiger partial charge >= 0.3 is 0 Å². The van der Waals surface area contributed by atoms with Gasteiger partial charge in [0.1, 0.15) is 5.82 Å². The fraction of sp³-hybridized carbons (Fsp3) is 0.200. The van der Waals surface area contributed by atoms with Crippen LogP contribution in [0.15, 0.2) is 46.2 Å². The van der Waals surface area contributed by atoms with Crippen LogP contribution < -0.4 is 0 Å². The first-order valence-electron chi connectivity index (χ1n) is 5.74. The van der Waals surface area contributed by atoms with Gasteiger partial charge in [0.15, 0.2) is 0 Å². The zero-order valence-corrected chi connectivity index (χ0v) is 11.2. The average molecular weight is 262 g/mol. The molecule has 0 spiro atoms. The lowest BCUT2D eigenvalue weighted by molar-refractivity contribution is 0.278. The number of hydrogen-bond donors (Lipinski definition) is 1. The Hall–Kier alpha value is -1.32. The van der Waals surface area contributed by atoms with Crippen molar-refractivity contribution in [2.24, 2.45) is 0 Å². The third kappa shape index (κ3) is 2.92. The highest BCUT2D eigenvalue weighted by molar-refractivity contribution is 7.99. The van der Waals surface area contributed by atoms with Gasteiger partial charge in [-0.25, -0.2) is 4.39 Å². The van der Waals surface area contributed by atoms with Gasteiger partial charge in [0.2, 0.25) is 0 Å². The van der Waals surface area contributed by atoms with Crippen LogP contribution in [0, 0.1) is 19.7 Å². The SMILES string of the molecule is Cc1ccc(C)c(Sc2ccc(F)cc2CO)c1. The first kappa shape index (κ1) is 13.1. The van der Waals surface area contributed by atoms with Crippen LogP contribution in [0.4, 0.5) is 4.39 Å². The summed E-state index contributed by atoms with van der Waals surface area (Å²) >= 11 is 1.56.